The Labute approximate surface area is 261 Å². The summed E-state index contributed by atoms with van der Waals surface area (Å²) in [7, 11) is 0. The minimum absolute atomic E-state index is 0.179. The van der Waals surface area contributed by atoms with Gasteiger partial charge in [0.15, 0.2) is 0 Å². The second kappa shape index (κ2) is 13.6. The third-order valence-electron chi connectivity index (χ3n) is 7.99. The summed E-state index contributed by atoms with van der Waals surface area (Å²) in [4.78, 5) is 32.9. The first-order valence-corrected chi connectivity index (χ1v) is 15.1. The van der Waals surface area contributed by atoms with Crippen LogP contribution in [0.25, 0.3) is 10.9 Å². The number of carbonyl (C=O) groups excluding carboxylic acids is 2. The third-order valence-corrected chi connectivity index (χ3v) is 7.99. The van der Waals surface area contributed by atoms with Crippen LogP contribution in [-0.2, 0) is 34.3 Å². The van der Waals surface area contributed by atoms with Crippen LogP contribution in [0.2, 0.25) is 0 Å². The molecular formula is C35H36N6O4. The zero-order valence-corrected chi connectivity index (χ0v) is 25.1. The fourth-order valence-corrected chi connectivity index (χ4v) is 5.62. The highest BCUT2D eigenvalue weighted by molar-refractivity contribution is 6.40. The number of aromatic nitrogens is 3. The number of piperidine rings is 1. The van der Waals surface area contributed by atoms with E-state index >= 15 is 0 Å². The zero-order chi connectivity index (χ0) is 31.2. The van der Waals surface area contributed by atoms with Crippen molar-refractivity contribution < 1.29 is 19.1 Å². The van der Waals surface area contributed by atoms with Crippen molar-refractivity contribution in [1.82, 2.24) is 19.7 Å². The first-order valence-electron chi connectivity index (χ1n) is 15.1. The van der Waals surface area contributed by atoms with Gasteiger partial charge >= 0.3 is 11.8 Å². The Morgan fingerprint density at radius 2 is 1.62 bits per heavy atom. The molecular weight excluding hydrogens is 568 g/mol. The lowest BCUT2D eigenvalue weighted by Crippen LogP contribution is -2.46. The van der Waals surface area contributed by atoms with Crippen molar-refractivity contribution in [2.45, 2.75) is 45.8 Å². The Bertz CT molecular complexity index is 1760. The van der Waals surface area contributed by atoms with Crippen LogP contribution in [0.3, 0.4) is 0 Å². The van der Waals surface area contributed by atoms with Crippen LogP contribution in [0.4, 0.5) is 11.5 Å². The Kier molecular flexibility index (Phi) is 9.02. The van der Waals surface area contributed by atoms with Gasteiger partial charge in [-0.25, -0.2) is 9.67 Å². The molecule has 5 aromatic rings. The van der Waals surface area contributed by atoms with Crippen LogP contribution in [0.15, 0.2) is 97.3 Å². The molecule has 3 N–H and O–H groups in total. The van der Waals surface area contributed by atoms with E-state index in [1.165, 1.54) is 6.20 Å². The zero-order valence-electron chi connectivity index (χ0n) is 25.1. The number of nitrogens with two attached hydrogens (primary N) is 1. The predicted octanol–water partition coefficient (Wildman–Crippen LogP) is 5.71. The first kappa shape index (κ1) is 29.8. The molecule has 3 heterocycles. The molecule has 0 saturated carbocycles. The summed E-state index contributed by atoms with van der Waals surface area (Å²) in [6.45, 7) is 3.64. The molecule has 0 spiro atoms. The minimum Gasteiger partial charge on any atom is -0.489 e. The Morgan fingerprint density at radius 3 is 2.33 bits per heavy atom. The van der Waals surface area contributed by atoms with E-state index < -0.39 is 11.8 Å². The lowest BCUT2D eigenvalue weighted by atomic mass is 9.89. The van der Waals surface area contributed by atoms with Crippen LogP contribution in [0, 0.1) is 5.92 Å². The smallest absolute Gasteiger partial charge is 0.314 e. The highest BCUT2D eigenvalue weighted by Gasteiger charge is 2.34. The number of ether oxygens (including phenoxy) is 2. The highest BCUT2D eigenvalue weighted by Crippen LogP contribution is 2.34. The quantitative estimate of drug-likeness (QED) is 0.207. The fraction of sp³-hybridized carbons (Fsp3) is 0.257. The van der Waals surface area contributed by atoms with Gasteiger partial charge in [-0.05, 0) is 47.6 Å². The number of amides is 2. The molecule has 230 valence electrons. The number of nitrogens with one attached hydrogen (secondary N) is 1. The summed E-state index contributed by atoms with van der Waals surface area (Å²) < 4.78 is 13.3. The number of fused-ring (bicyclic) bond motifs is 1. The molecule has 10 nitrogen and oxygen atoms in total. The van der Waals surface area contributed by atoms with Gasteiger partial charge in [-0.3, -0.25) is 9.59 Å². The van der Waals surface area contributed by atoms with Gasteiger partial charge in [0.2, 0.25) is 0 Å². The van der Waals surface area contributed by atoms with Crippen molar-refractivity contribution >= 4 is 34.2 Å². The second-order valence-electron chi connectivity index (χ2n) is 11.4. The summed E-state index contributed by atoms with van der Waals surface area (Å²) in [5.41, 5.74) is 9.94. The molecule has 10 heteroatoms. The summed E-state index contributed by atoms with van der Waals surface area (Å²) >= 11 is 0. The van der Waals surface area contributed by atoms with E-state index in [4.69, 9.17) is 15.2 Å². The van der Waals surface area contributed by atoms with E-state index in [9.17, 15) is 9.59 Å². The maximum Gasteiger partial charge on any atom is 0.314 e. The Morgan fingerprint density at radius 1 is 0.933 bits per heavy atom. The number of benzene rings is 3. The maximum absolute atomic E-state index is 13.6. The summed E-state index contributed by atoms with van der Waals surface area (Å²) in [6, 6.07) is 27.3. The van der Waals surface area contributed by atoms with Gasteiger partial charge in [0.25, 0.3) is 0 Å². The average molecular weight is 605 g/mol. The van der Waals surface area contributed by atoms with E-state index in [0.717, 1.165) is 35.3 Å². The lowest BCUT2D eigenvalue weighted by molar-refractivity contribution is -0.146. The van der Waals surface area contributed by atoms with Gasteiger partial charge in [0.1, 0.15) is 30.4 Å². The van der Waals surface area contributed by atoms with Gasteiger partial charge in [-0.15, -0.1) is 0 Å². The topological polar surface area (TPSA) is 125 Å². The molecule has 1 fully saturated rings. The third kappa shape index (κ3) is 7.13. The normalized spacial score (nSPS) is 16.4. The average Bonchev–Trinajstić information content (AvgIpc) is 3.51. The molecule has 45 heavy (non-hydrogen) atoms. The molecule has 2 aromatic heterocycles. The van der Waals surface area contributed by atoms with E-state index in [2.05, 4.69) is 22.3 Å². The largest absolute Gasteiger partial charge is 0.489 e. The van der Waals surface area contributed by atoms with Gasteiger partial charge < -0.3 is 25.4 Å². The number of anilines is 2. The number of nitrogen functional groups attached to an aromatic ring is 1. The van der Waals surface area contributed by atoms with Gasteiger partial charge in [-0.1, -0.05) is 79.7 Å². The van der Waals surface area contributed by atoms with Crippen molar-refractivity contribution in [3.63, 3.8) is 0 Å². The van der Waals surface area contributed by atoms with E-state index in [-0.39, 0.29) is 24.5 Å². The van der Waals surface area contributed by atoms with Crippen LogP contribution in [-0.4, -0.2) is 38.0 Å². The van der Waals surface area contributed by atoms with Gasteiger partial charge in [0, 0.05) is 12.7 Å². The molecule has 0 bridgehead atoms. The van der Waals surface area contributed by atoms with Crippen LogP contribution < -0.4 is 15.8 Å². The molecule has 0 radical (unpaired) electrons. The summed E-state index contributed by atoms with van der Waals surface area (Å²) in [5.74, 6) is -0.0777. The number of pyridine rings is 1. The number of likely N-dealkylation sites (tertiary alicyclic amines) is 1. The number of hydrogen-bond acceptors (Lipinski definition) is 7. The van der Waals surface area contributed by atoms with Crippen molar-refractivity contribution in [2.75, 3.05) is 17.6 Å². The lowest BCUT2D eigenvalue weighted by Gasteiger charge is -2.38. The first-order chi connectivity index (χ1) is 21.9. The van der Waals surface area contributed by atoms with E-state index in [1.54, 1.807) is 15.8 Å². The van der Waals surface area contributed by atoms with Crippen molar-refractivity contribution in [2.24, 2.45) is 5.92 Å². The van der Waals surface area contributed by atoms with Crippen molar-refractivity contribution in [3.8, 4) is 5.75 Å². The molecule has 2 atom stereocenters. The molecule has 0 aliphatic carbocycles. The number of rotatable bonds is 9. The molecule has 1 aliphatic rings. The van der Waals surface area contributed by atoms with E-state index in [0.29, 0.717) is 36.3 Å². The maximum atomic E-state index is 13.6. The van der Waals surface area contributed by atoms with Crippen LogP contribution in [0.5, 0.6) is 5.75 Å². The van der Waals surface area contributed by atoms with Crippen molar-refractivity contribution in [1.29, 1.82) is 0 Å². The Hall–Kier alpha value is -5.22. The predicted molar refractivity (Wildman–Crippen MR) is 172 cm³/mol. The highest BCUT2D eigenvalue weighted by atomic mass is 16.5. The van der Waals surface area contributed by atoms with Crippen molar-refractivity contribution in [3.05, 3.63) is 114 Å². The molecule has 0 unspecified atom stereocenters. The molecule has 3 aromatic carbocycles. The van der Waals surface area contributed by atoms with Crippen LogP contribution >= 0.6 is 0 Å². The molecule has 2 amide bonds. The number of carbonyl (C=O) groups is 2. The van der Waals surface area contributed by atoms with Gasteiger partial charge in [-0.2, -0.15) is 5.10 Å². The van der Waals surface area contributed by atoms with Gasteiger partial charge in [0.05, 0.1) is 29.9 Å². The minimum atomic E-state index is -0.750. The number of hydrogen-bond donors (Lipinski definition) is 2. The molecule has 1 aliphatic heterocycles. The van der Waals surface area contributed by atoms with Crippen LogP contribution in [0.1, 0.15) is 42.5 Å². The molecule has 6 rings (SSSR count). The van der Waals surface area contributed by atoms with E-state index in [1.807, 2.05) is 84.9 Å². The number of nitrogens with zero attached hydrogens (tertiary/aromatic N) is 4. The summed E-state index contributed by atoms with van der Waals surface area (Å²) in [6.07, 6.45) is 4.85. The Balaban J connectivity index is 1.13. The summed E-state index contributed by atoms with van der Waals surface area (Å²) in [5, 5.41) is 7.87. The SMILES string of the molecule is C[C@H]1CC[C@H](c2ccc(OCc3ccccc3)cc2)N(C(=O)C(=O)Nc2cnc(N)c3cn(COCc4ccccc4)nc23)C1. The second-order valence-corrected chi connectivity index (χ2v) is 11.4. The standard InChI is InChI=1S/C35H36N6O4/c1-24-12-17-31(27-13-15-28(16-14-27)45-22-26-10-6-3-7-11-26)41(19-24)35(43)34(42)38-30-18-37-33(36)29-20-40(39-32(29)30)23-44-21-25-8-4-2-5-9-25/h2-11,13-16,18,20,24,31H,12,17,19,21-23H2,1H3,(H2,36,37)(H,38,42)/t24-,31+/m0/s1. The molecule has 1 saturated heterocycles. The fourth-order valence-electron chi connectivity index (χ4n) is 5.62. The monoisotopic (exact) mass is 604 g/mol.